The van der Waals surface area contributed by atoms with E-state index in [9.17, 15) is 10.1 Å². The number of benzene rings is 2. The molecule has 0 bridgehead atoms. The topological polar surface area (TPSA) is 52.9 Å². The van der Waals surface area contributed by atoms with Gasteiger partial charge in [-0.3, -0.25) is 4.79 Å². The Labute approximate surface area is 145 Å². The van der Waals surface area contributed by atoms with Gasteiger partial charge in [-0.25, -0.2) is 0 Å². The predicted octanol–water partition coefficient (Wildman–Crippen LogP) is 5.38. The molecule has 3 nitrogen and oxygen atoms in total. The summed E-state index contributed by atoms with van der Waals surface area (Å²) >= 11 is 0. The second-order valence-corrected chi connectivity index (χ2v) is 6.07. The number of hydrogen-bond donors (Lipinski definition) is 1. The zero-order chi connectivity index (χ0) is 18.3. The van der Waals surface area contributed by atoms with E-state index < -0.39 is 5.41 Å². The molecule has 3 heteroatoms. The van der Waals surface area contributed by atoms with E-state index in [1.54, 1.807) is 12.1 Å². The number of nitriles is 1. The maximum Gasteiger partial charge on any atom is 0.255 e. The third-order valence-electron chi connectivity index (χ3n) is 3.89. The number of carbonyl (C=O) groups is 1. The van der Waals surface area contributed by atoms with Crippen molar-refractivity contribution in [1.82, 2.24) is 0 Å². The van der Waals surface area contributed by atoms with Crippen LogP contribution in [-0.4, -0.2) is 5.91 Å². The molecule has 0 aliphatic rings. The molecule has 0 spiro atoms. The Balaban J connectivity index is 0.00000139. The van der Waals surface area contributed by atoms with Crippen LogP contribution < -0.4 is 5.32 Å². The van der Waals surface area contributed by atoms with E-state index in [0.717, 1.165) is 16.8 Å². The highest BCUT2D eigenvalue weighted by Gasteiger charge is 2.20. The minimum Gasteiger partial charge on any atom is -0.322 e. The molecule has 0 atom stereocenters. The van der Waals surface area contributed by atoms with Crippen LogP contribution in [0.1, 0.15) is 54.7 Å². The smallest absolute Gasteiger partial charge is 0.255 e. The monoisotopic (exact) mass is 322 g/mol. The van der Waals surface area contributed by atoms with Gasteiger partial charge < -0.3 is 5.32 Å². The quantitative estimate of drug-likeness (QED) is 0.824. The number of nitrogens with zero attached hydrogens (tertiary/aromatic N) is 1. The number of amides is 1. The Kier molecular flexibility index (Phi) is 6.73. The molecular formula is C21H26N2O. The van der Waals surface area contributed by atoms with Crippen molar-refractivity contribution in [3.63, 3.8) is 0 Å². The summed E-state index contributed by atoms with van der Waals surface area (Å²) in [5, 5.41) is 12.1. The second kappa shape index (κ2) is 8.31. The lowest BCUT2D eigenvalue weighted by Crippen LogP contribution is -2.17. The Hall–Kier alpha value is -2.60. The summed E-state index contributed by atoms with van der Waals surface area (Å²) in [7, 11) is 0. The molecule has 0 fully saturated rings. The van der Waals surface area contributed by atoms with Crippen LogP contribution in [0.25, 0.3) is 0 Å². The van der Waals surface area contributed by atoms with Crippen molar-refractivity contribution in [2.45, 2.75) is 47.0 Å². The van der Waals surface area contributed by atoms with Crippen LogP contribution >= 0.6 is 0 Å². The fourth-order valence-corrected chi connectivity index (χ4v) is 2.14. The second-order valence-electron chi connectivity index (χ2n) is 6.07. The van der Waals surface area contributed by atoms with Crippen LogP contribution in [-0.2, 0) is 5.41 Å². The predicted molar refractivity (Wildman–Crippen MR) is 100 cm³/mol. The van der Waals surface area contributed by atoms with Crippen LogP contribution in [0, 0.1) is 25.2 Å². The normalized spacial score (nSPS) is 10.2. The highest BCUT2D eigenvalue weighted by molar-refractivity contribution is 6.04. The minimum atomic E-state index is -0.614. The first-order valence-electron chi connectivity index (χ1n) is 8.24. The molecular weight excluding hydrogens is 296 g/mol. The van der Waals surface area contributed by atoms with Crippen molar-refractivity contribution >= 4 is 11.6 Å². The van der Waals surface area contributed by atoms with E-state index >= 15 is 0 Å². The van der Waals surface area contributed by atoms with Crippen molar-refractivity contribution in [3.8, 4) is 6.07 Å². The van der Waals surface area contributed by atoms with E-state index in [1.807, 2.05) is 71.9 Å². The summed E-state index contributed by atoms with van der Waals surface area (Å²) in [6.45, 7) is 11.7. The zero-order valence-corrected chi connectivity index (χ0v) is 15.4. The summed E-state index contributed by atoms with van der Waals surface area (Å²) in [5.41, 5.74) is 3.88. The lowest BCUT2D eigenvalue weighted by atomic mass is 9.85. The molecule has 0 radical (unpaired) electrons. The van der Waals surface area contributed by atoms with Gasteiger partial charge in [0.15, 0.2) is 0 Å². The number of hydrogen-bond acceptors (Lipinski definition) is 2. The Morgan fingerprint density at radius 2 is 1.71 bits per heavy atom. The lowest BCUT2D eigenvalue weighted by Gasteiger charge is -2.16. The van der Waals surface area contributed by atoms with Crippen molar-refractivity contribution < 1.29 is 4.79 Å². The largest absolute Gasteiger partial charge is 0.322 e. The number of anilines is 1. The molecule has 2 aromatic rings. The fourth-order valence-electron chi connectivity index (χ4n) is 2.14. The van der Waals surface area contributed by atoms with Crippen LogP contribution in [0.3, 0.4) is 0 Å². The molecule has 0 heterocycles. The molecule has 0 aromatic heterocycles. The molecule has 2 aromatic carbocycles. The lowest BCUT2D eigenvalue weighted by molar-refractivity contribution is 0.102. The number of rotatable bonds is 3. The first kappa shape index (κ1) is 19.4. The highest BCUT2D eigenvalue weighted by Crippen LogP contribution is 2.23. The van der Waals surface area contributed by atoms with E-state index in [-0.39, 0.29) is 5.91 Å². The maximum atomic E-state index is 12.4. The molecule has 126 valence electrons. The van der Waals surface area contributed by atoms with Gasteiger partial charge in [0.1, 0.15) is 0 Å². The third kappa shape index (κ3) is 4.70. The number of carbonyl (C=O) groups excluding carboxylic acids is 1. The van der Waals surface area contributed by atoms with Crippen LogP contribution in [0.5, 0.6) is 0 Å². The van der Waals surface area contributed by atoms with Gasteiger partial charge >= 0.3 is 0 Å². The number of nitrogens with one attached hydrogen (secondary N) is 1. The summed E-state index contributed by atoms with van der Waals surface area (Å²) < 4.78 is 0. The van der Waals surface area contributed by atoms with Crippen molar-refractivity contribution in [2.24, 2.45) is 0 Å². The number of aryl methyl sites for hydroxylation is 2. The molecule has 0 aliphatic heterocycles. The van der Waals surface area contributed by atoms with Crippen molar-refractivity contribution in [2.75, 3.05) is 5.32 Å². The molecule has 24 heavy (non-hydrogen) atoms. The Bertz CT molecular complexity index is 755. The molecule has 0 saturated heterocycles. The fraction of sp³-hybridized carbons (Fsp3) is 0.333. The van der Waals surface area contributed by atoms with Crippen molar-refractivity contribution in [3.05, 3.63) is 64.7 Å². The van der Waals surface area contributed by atoms with E-state index in [4.69, 9.17) is 0 Å². The average molecular weight is 322 g/mol. The summed E-state index contributed by atoms with van der Waals surface area (Å²) in [6, 6.07) is 15.3. The third-order valence-corrected chi connectivity index (χ3v) is 3.89. The molecule has 1 amide bonds. The van der Waals surface area contributed by atoms with Crippen LogP contribution in [0.4, 0.5) is 5.69 Å². The van der Waals surface area contributed by atoms with Gasteiger partial charge in [0, 0.05) is 11.3 Å². The van der Waals surface area contributed by atoms with Gasteiger partial charge in [0.2, 0.25) is 0 Å². The SMILES string of the molecule is CC.Cc1ccc(NC(=O)c2cccc(C(C)(C)C#N)c2)cc1C. The van der Waals surface area contributed by atoms with Crippen LogP contribution in [0.2, 0.25) is 0 Å². The zero-order valence-electron chi connectivity index (χ0n) is 15.4. The van der Waals surface area contributed by atoms with E-state index in [1.165, 1.54) is 5.56 Å². The van der Waals surface area contributed by atoms with Crippen LogP contribution in [0.15, 0.2) is 42.5 Å². The molecule has 2 rings (SSSR count). The standard InChI is InChI=1S/C19H20N2O.C2H6/c1-13-8-9-17(10-14(13)2)21-18(22)15-6-5-7-16(11-15)19(3,4)12-20;1-2/h5-11H,1-4H3,(H,21,22);1-2H3. The first-order chi connectivity index (χ1) is 11.3. The Morgan fingerprint density at radius 3 is 2.29 bits per heavy atom. The van der Waals surface area contributed by atoms with Crippen molar-refractivity contribution in [1.29, 1.82) is 5.26 Å². The van der Waals surface area contributed by atoms with E-state index in [2.05, 4.69) is 11.4 Å². The minimum absolute atomic E-state index is 0.168. The van der Waals surface area contributed by atoms with Gasteiger partial charge in [-0.05, 0) is 68.7 Å². The van der Waals surface area contributed by atoms with Gasteiger partial charge in [-0.1, -0.05) is 32.0 Å². The first-order valence-corrected chi connectivity index (χ1v) is 8.24. The maximum absolute atomic E-state index is 12.4. The molecule has 1 N–H and O–H groups in total. The summed E-state index contributed by atoms with van der Waals surface area (Å²) in [5.74, 6) is -0.168. The Morgan fingerprint density at radius 1 is 1.04 bits per heavy atom. The molecule has 0 saturated carbocycles. The molecule has 0 aliphatic carbocycles. The summed E-state index contributed by atoms with van der Waals surface area (Å²) in [4.78, 5) is 12.4. The highest BCUT2D eigenvalue weighted by atomic mass is 16.1. The molecule has 0 unspecified atom stereocenters. The van der Waals surface area contributed by atoms with E-state index in [0.29, 0.717) is 5.56 Å². The van der Waals surface area contributed by atoms with Gasteiger partial charge in [-0.15, -0.1) is 0 Å². The van der Waals surface area contributed by atoms with Gasteiger partial charge in [0.25, 0.3) is 5.91 Å². The van der Waals surface area contributed by atoms with Gasteiger partial charge in [0.05, 0.1) is 11.5 Å². The summed E-state index contributed by atoms with van der Waals surface area (Å²) in [6.07, 6.45) is 0. The average Bonchev–Trinajstić information content (AvgIpc) is 2.60. The van der Waals surface area contributed by atoms with Gasteiger partial charge in [-0.2, -0.15) is 5.26 Å².